The van der Waals surface area contributed by atoms with Gasteiger partial charge in [0.1, 0.15) is 17.1 Å². The zero-order chi connectivity index (χ0) is 20.5. The Labute approximate surface area is 183 Å². The molecule has 4 aromatic rings. The molecule has 0 saturated heterocycles. The normalized spacial score (nSPS) is 11.2. The molecule has 0 aliphatic carbocycles. The van der Waals surface area contributed by atoms with Crippen molar-refractivity contribution in [2.45, 2.75) is 20.4 Å². The van der Waals surface area contributed by atoms with Gasteiger partial charge in [0.15, 0.2) is 10.8 Å². The zero-order valence-electron chi connectivity index (χ0n) is 15.8. The highest BCUT2D eigenvalue weighted by molar-refractivity contribution is 6.35. The van der Waals surface area contributed by atoms with Crippen molar-refractivity contribution in [3.63, 3.8) is 0 Å². The highest BCUT2D eigenvalue weighted by Crippen LogP contribution is 2.35. The third-order valence-electron chi connectivity index (χ3n) is 4.46. The van der Waals surface area contributed by atoms with E-state index in [0.717, 1.165) is 22.4 Å². The van der Waals surface area contributed by atoms with Gasteiger partial charge in [0.2, 0.25) is 5.28 Å². The van der Waals surface area contributed by atoms with Crippen LogP contribution in [0, 0.1) is 6.92 Å². The van der Waals surface area contributed by atoms with Gasteiger partial charge in [0.25, 0.3) is 0 Å². The molecule has 8 heteroatoms. The Balaban J connectivity index is 1.97. The predicted molar refractivity (Wildman–Crippen MR) is 117 cm³/mol. The quantitative estimate of drug-likeness (QED) is 0.270. The first kappa shape index (κ1) is 20.0. The van der Waals surface area contributed by atoms with Crippen LogP contribution < -0.4 is 4.74 Å². The summed E-state index contributed by atoms with van der Waals surface area (Å²) in [5.41, 5.74) is 4.02. The van der Waals surface area contributed by atoms with Gasteiger partial charge in [-0.1, -0.05) is 47.0 Å². The minimum absolute atomic E-state index is 0.0551. The highest BCUT2D eigenvalue weighted by Gasteiger charge is 2.21. The summed E-state index contributed by atoms with van der Waals surface area (Å²) in [6, 6.07) is 13.6. The van der Waals surface area contributed by atoms with Gasteiger partial charge in [-0.05, 0) is 55.3 Å². The van der Waals surface area contributed by atoms with Gasteiger partial charge in [-0.15, -0.1) is 0 Å². The molecule has 0 bridgehead atoms. The third-order valence-corrected chi connectivity index (χ3v) is 5.15. The molecular weight excluding hydrogens is 431 g/mol. The number of aryl methyl sites for hydroxylation is 1. The lowest BCUT2D eigenvalue weighted by atomic mass is 10.1. The van der Waals surface area contributed by atoms with Crippen molar-refractivity contribution >= 4 is 46.0 Å². The van der Waals surface area contributed by atoms with Gasteiger partial charge in [-0.25, -0.2) is 9.97 Å². The second-order valence-corrected chi connectivity index (χ2v) is 7.67. The maximum absolute atomic E-state index is 6.44. The summed E-state index contributed by atoms with van der Waals surface area (Å²) in [4.78, 5) is 13.1. The summed E-state index contributed by atoms with van der Waals surface area (Å²) < 4.78 is 7.83. The Morgan fingerprint density at radius 2 is 1.72 bits per heavy atom. The maximum Gasteiger partial charge on any atom is 0.225 e. The molecular formula is C21H17Cl3N4O. The smallest absolute Gasteiger partial charge is 0.225 e. The fourth-order valence-electron chi connectivity index (χ4n) is 3.20. The van der Waals surface area contributed by atoms with E-state index in [-0.39, 0.29) is 10.4 Å². The zero-order valence-corrected chi connectivity index (χ0v) is 18.1. The number of imidazole rings is 1. The van der Waals surface area contributed by atoms with E-state index < -0.39 is 0 Å². The highest BCUT2D eigenvalue weighted by atomic mass is 35.5. The Morgan fingerprint density at radius 1 is 0.966 bits per heavy atom. The molecule has 2 aromatic carbocycles. The molecule has 0 radical (unpaired) electrons. The second-order valence-electron chi connectivity index (χ2n) is 6.54. The molecule has 148 valence electrons. The summed E-state index contributed by atoms with van der Waals surface area (Å²) in [6.07, 6.45) is 0. The predicted octanol–water partition coefficient (Wildman–Crippen LogP) is 6.21. The summed E-state index contributed by atoms with van der Waals surface area (Å²) in [5.74, 6) is 1.42. The number of hydrogen-bond donors (Lipinski definition) is 0. The minimum Gasteiger partial charge on any atom is -0.493 e. The van der Waals surface area contributed by atoms with Crippen LogP contribution in [0.15, 0.2) is 42.5 Å². The van der Waals surface area contributed by atoms with Gasteiger partial charge < -0.3 is 9.30 Å². The van der Waals surface area contributed by atoms with Crippen LogP contribution in [0.5, 0.6) is 5.75 Å². The molecule has 0 atom stereocenters. The SMILES string of the molecule is CCOc1ccc(C)cc1-c1nc2nc(Cl)nc(Cl)c2n1Cc1ccc(Cl)cc1. The fourth-order valence-corrected chi connectivity index (χ4v) is 3.80. The van der Waals surface area contributed by atoms with Gasteiger partial charge in [0.05, 0.1) is 12.2 Å². The number of nitrogens with zero attached hydrogens (tertiary/aromatic N) is 4. The number of rotatable bonds is 5. The van der Waals surface area contributed by atoms with E-state index in [1.807, 2.05) is 60.9 Å². The minimum atomic E-state index is 0.0551. The maximum atomic E-state index is 6.44. The van der Waals surface area contributed by atoms with Crippen molar-refractivity contribution in [1.29, 1.82) is 0 Å². The molecule has 29 heavy (non-hydrogen) atoms. The van der Waals surface area contributed by atoms with E-state index >= 15 is 0 Å². The van der Waals surface area contributed by atoms with E-state index in [4.69, 9.17) is 44.5 Å². The lowest BCUT2D eigenvalue weighted by molar-refractivity contribution is 0.341. The number of halogens is 3. The van der Waals surface area contributed by atoms with E-state index in [2.05, 4.69) is 9.97 Å². The standard InChI is InChI=1S/C21H17Cl3N4O/c1-3-29-16-9-4-12(2)10-15(16)20-26-19-17(18(23)25-21(24)27-19)28(20)11-13-5-7-14(22)8-6-13/h4-10H,3,11H2,1-2H3. The van der Waals surface area contributed by atoms with Crippen LogP contribution in [0.2, 0.25) is 15.5 Å². The molecule has 0 aliphatic heterocycles. The second kappa shape index (κ2) is 8.19. The summed E-state index contributed by atoms with van der Waals surface area (Å²) in [6.45, 7) is 5.02. The number of fused-ring (bicyclic) bond motifs is 1. The number of aromatic nitrogens is 4. The van der Waals surface area contributed by atoms with Gasteiger partial charge >= 0.3 is 0 Å². The summed E-state index contributed by atoms with van der Waals surface area (Å²) >= 11 is 18.5. The van der Waals surface area contributed by atoms with Crippen molar-refractivity contribution in [3.8, 4) is 17.1 Å². The summed E-state index contributed by atoms with van der Waals surface area (Å²) in [5, 5.41) is 0.979. The molecule has 0 fully saturated rings. The third kappa shape index (κ3) is 4.04. The van der Waals surface area contributed by atoms with Crippen molar-refractivity contribution in [2.24, 2.45) is 0 Å². The number of benzene rings is 2. The topological polar surface area (TPSA) is 52.8 Å². The summed E-state index contributed by atoms with van der Waals surface area (Å²) in [7, 11) is 0. The van der Waals surface area contributed by atoms with Gasteiger partial charge in [0, 0.05) is 11.6 Å². The Morgan fingerprint density at radius 3 is 2.45 bits per heavy atom. The van der Waals surface area contributed by atoms with Crippen LogP contribution in [0.1, 0.15) is 18.1 Å². The Bertz CT molecular complexity index is 1190. The molecule has 5 nitrogen and oxygen atoms in total. The Hall–Kier alpha value is -2.34. The van der Waals surface area contributed by atoms with Crippen molar-refractivity contribution in [3.05, 3.63) is 69.1 Å². The first-order chi connectivity index (χ1) is 14.0. The fraction of sp³-hybridized carbons (Fsp3) is 0.190. The van der Waals surface area contributed by atoms with Crippen molar-refractivity contribution in [1.82, 2.24) is 19.5 Å². The van der Waals surface area contributed by atoms with Crippen LogP contribution in [0.25, 0.3) is 22.6 Å². The van der Waals surface area contributed by atoms with Crippen LogP contribution in [0.4, 0.5) is 0 Å². The lowest BCUT2D eigenvalue weighted by Gasteiger charge is -2.14. The van der Waals surface area contributed by atoms with Gasteiger partial charge in [-0.2, -0.15) is 4.98 Å². The van der Waals surface area contributed by atoms with Crippen LogP contribution in [-0.2, 0) is 6.54 Å². The molecule has 0 N–H and O–H groups in total. The van der Waals surface area contributed by atoms with Crippen LogP contribution in [-0.4, -0.2) is 26.1 Å². The molecule has 0 spiro atoms. The molecule has 2 aromatic heterocycles. The van der Waals surface area contributed by atoms with Crippen LogP contribution >= 0.6 is 34.8 Å². The van der Waals surface area contributed by atoms with E-state index in [1.54, 1.807) is 0 Å². The molecule has 0 unspecified atom stereocenters. The molecule has 4 rings (SSSR count). The van der Waals surface area contributed by atoms with E-state index in [0.29, 0.717) is 35.2 Å². The first-order valence-electron chi connectivity index (χ1n) is 9.03. The first-order valence-corrected chi connectivity index (χ1v) is 10.2. The number of ether oxygens (including phenoxy) is 1. The number of hydrogen-bond acceptors (Lipinski definition) is 4. The monoisotopic (exact) mass is 446 g/mol. The largest absolute Gasteiger partial charge is 0.493 e. The average molecular weight is 448 g/mol. The van der Waals surface area contributed by atoms with Crippen molar-refractivity contribution in [2.75, 3.05) is 6.61 Å². The lowest BCUT2D eigenvalue weighted by Crippen LogP contribution is -2.05. The Kier molecular flexibility index (Phi) is 5.63. The molecule has 2 heterocycles. The average Bonchev–Trinajstić information content (AvgIpc) is 3.03. The van der Waals surface area contributed by atoms with Gasteiger partial charge in [-0.3, -0.25) is 0 Å². The molecule has 0 saturated carbocycles. The van der Waals surface area contributed by atoms with Crippen LogP contribution in [0.3, 0.4) is 0 Å². The molecule has 0 amide bonds. The van der Waals surface area contributed by atoms with E-state index in [1.165, 1.54) is 0 Å². The van der Waals surface area contributed by atoms with Crippen molar-refractivity contribution < 1.29 is 4.74 Å². The molecule has 0 aliphatic rings. The van der Waals surface area contributed by atoms with E-state index in [9.17, 15) is 0 Å².